The van der Waals surface area contributed by atoms with Crippen LogP contribution in [0.25, 0.3) is 0 Å². The molecule has 0 spiro atoms. The fourth-order valence-electron chi connectivity index (χ4n) is 1.89. The lowest BCUT2D eigenvalue weighted by atomic mass is 10.1. The molecular formula is C12H21N3O2. The number of nitrogens with zero attached hydrogens (tertiary/aromatic N) is 1. The van der Waals surface area contributed by atoms with Gasteiger partial charge in [-0.2, -0.15) is 5.10 Å². The van der Waals surface area contributed by atoms with Crippen LogP contribution in [0.4, 0.5) is 0 Å². The van der Waals surface area contributed by atoms with Crippen molar-refractivity contribution in [2.75, 3.05) is 0 Å². The molecule has 0 aliphatic carbocycles. The van der Waals surface area contributed by atoms with Gasteiger partial charge in [-0.3, -0.25) is 9.89 Å². The zero-order chi connectivity index (χ0) is 13.0. The van der Waals surface area contributed by atoms with Gasteiger partial charge in [-0.05, 0) is 34.1 Å². The van der Waals surface area contributed by atoms with E-state index in [1.165, 1.54) is 0 Å². The van der Waals surface area contributed by atoms with Crippen molar-refractivity contribution in [3.8, 4) is 0 Å². The number of hydrogen-bond donors (Lipinski definition) is 3. The molecule has 1 rings (SSSR count). The highest BCUT2D eigenvalue weighted by Gasteiger charge is 2.14. The van der Waals surface area contributed by atoms with E-state index >= 15 is 0 Å². The molecule has 96 valence electrons. The summed E-state index contributed by atoms with van der Waals surface area (Å²) in [6, 6.07) is -0.0185. The number of amides is 1. The molecule has 0 radical (unpaired) electrons. The molecule has 5 nitrogen and oxygen atoms in total. The Bertz CT molecular complexity index is 366. The van der Waals surface area contributed by atoms with Crippen molar-refractivity contribution in [3.05, 3.63) is 17.0 Å². The quantitative estimate of drug-likeness (QED) is 0.712. The van der Waals surface area contributed by atoms with Crippen LogP contribution in [0.1, 0.15) is 37.2 Å². The molecule has 0 saturated carbocycles. The zero-order valence-electron chi connectivity index (χ0n) is 10.9. The van der Waals surface area contributed by atoms with Gasteiger partial charge < -0.3 is 10.4 Å². The Hall–Kier alpha value is -1.36. The van der Waals surface area contributed by atoms with Crippen molar-refractivity contribution in [1.82, 2.24) is 15.5 Å². The number of carbonyl (C=O) groups is 1. The van der Waals surface area contributed by atoms with Crippen molar-refractivity contribution in [1.29, 1.82) is 0 Å². The lowest BCUT2D eigenvalue weighted by Crippen LogP contribution is -2.35. The Morgan fingerprint density at radius 2 is 2.12 bits per heavy atom. The number of aromatic amines is 1. The molecule has 1 aromatic heterocycles. The first-order valence-corrected chi connectivity index (χ1v) is 5.88. The summed E-state index contributed by atoms with van der Waals surface area (Å²) < 4.78 is 0. The Labute approximate surface area is 102 Å². The summed E-state index contributed by atoms with van der Waals surface area (Å²) in [6.45, 7) is 7.39. The van der Waals surface area contributed by atoms with E-state index in [1.54, 1.807) is 6.92 Å². The summed E-state index contributed by atoms with van der Waals surface area (Å²) in [4.78, 5) is 11.8. The molecule has 1 aromatic rings. The molecule has 1 heterocycles. The van der Waals surface area contributed by atoms with Crippen molar-refractivity contribution in [2.24, 2.45) is 0 Å². The molecule has 0 bridgehead atoms. The van der Waals surface area contributed by atoms with Crippen LogP contribution in [-0.2, 0) is 11.2 Å². The molecule has 5 heteroatoms. The van der Waals surface area contributed by atoms with Gasteiger partial charge in [0.05, 0.1) is 18.2 Å². The normalized spacial score (nSPS) is 14.4. The minimum Gasteiger partial charge on any atom is -0.393 e. The van der Waals surface area contributed by atoms with Crippen LogP contribution in [0.15, 0.2) is 0 Å². The summed E-state index contributed by atoms with van der Waals surface area (Å²) in [7, 11) is 0. The van der Waals surface area contributed by atoms with Gasteiger partial charge in [0.15, 0.2) is 0 Å². The van der Waals surface area contributed by atoms with Crippen LogP contribution in [0, 0.1) is 13.8 Å². The summed E-state index contributed by atoms with van der Waals surface area (Å²) in [6.07, 6.45) is 0.496. The third kappa shape index (κ3) is 4.19. The molecular weight excluding hydrogens is 218 g/mol. The number of nitrogens with one attached hydrogen (secondary N) is 2. The average molecular weight is 239 g/mol. The first-order valence-electron chi connectivity index (χ1n) is 5.88. The van der Waals surface area contributed by atoms with E-state index < -0.39 is 6.10 Å². The van der Waals surface area contributed by atoms with Crippen LogP contribution in [-0.4, -0.2) is 33.4 Å². The highest BCUT2D eigenvalue weighted by atomic mass is 16.3. The van der Waals surface area contributed by atoms with Crippen molar-refractivity contribution >= 4 is 5.91 Å². The monoisotopic (exact) mass is 239 g/mol. The van der Waals surface area contributed by atoms with Crippen LogP contribution in [0.2, 0.25) is 0 Å². The van der Waals surface area contributed by atoms with Crippen molar-refractivity contribution < 1.29 is 9.90 Å². The Morgan fingerprint density at radius 1 is 1.47 bits per heavy atom. The maximum Gasteiger partial charge on any atom is 0.224 e. The van der Waals surface area contributed by atoms with E-state index in [0.29, 0.717) is 12.8 Å². The van der Waals surface area contributed by atoms with Gasteiger partial charge in [0, 0.05) is 17.3 Å². The molecule has 17 heavy (non-hydrogen) atoms. The van der Waals surface area contributed by atoms with Crippen molar-refractivity contribution in [2.45, 2.75) is 52.7 Å². The second-order valence-electron chi connectivity index (χ2n) is 4.64. The maximum absolute atomic E-state index is 11.8. The smallest absolute Gasteiger partial charge is 0.224 e. The molecule has 0 aliphatic heterocycles. The number of aliphatic hydroxyl groups is 1. The van der Waals surface area contributed by atoms with E-state index in [0.717, 1.165) is 17.0 Å². The molecule has 0 fully saturated rings. The van der Waals surface area contributed by atoms with E-state index in [-0.39, 0.29) is 11.9 Å². The minimum absolute atomic E-state index is 0.0185. The number of rotatable bonds is 5. The second kappa shape index (κ2) is 5.82. The van der Waals surface area contributed by atoms with Crippen LogP contribution < -0.4 is 5.32 Å². The van der Waals surface area contributed by atoms with Gasteiger partial charge in [0.2, 0.25) is 5.91 Å². The largest absolute Gasteiger partial charge is 0.393 e. The highest BCUT2D eigenvalue weighted by molar-refractivity contribution is 5.79. The van der Waals surface area contributed by atoms with Gasteiger partial charge in [-0.25, -0.2) is 0 Å². The summed E-state index contributed by atoms with van der Waals surface area (Å²) >= 11 is 0. The molecule has 0 aromatic carbocycles. The number of aromatic nitrogens is 2. The van der Waals surface area contributed by atoms with Crippen molar-refractivity contribution in [3.63, 3.8) is 0 Å². The molecule has 2 atom stereocenters. The molecule has 1 amide bonds. The standard InChI is InChI=1S/C12H21N3O2/c1-7(5-8(2)16)13-12(17)6-11-9(3)14-15-10(11)4/h7-8,16H,5-6H2,1-4H3,(H,13,17)(H,14,15). The number of H-pyrrole nitrogens is 1. The number of aliphatic hydroxyl groups excluding tert-OH is 1. The van der Waals surface area contributed by atoms with Gasteiger partial charge >= 0.3 is 0 Å². The fraction of sp³-hybridized carbons (Fsp3) is 0.667. The van der Waals surface area contributed by atoms with Gasteiger partial charge in [0.25, 0.3) is 0 Å². The summed E-state index contributed by atoms with van der Waals surface area (Å²) in [5.41, 5.74) is 2.74. The first-order chi connectivity index (χ1) is 7.90. The van der Waals surface area contributed by atoms with Crippen LogP contribution >= 0.6 is 0 Å². The SMILES string of the molecule is Cc1n[nH]c(C)c1CC(=O)NC(C)CC(C)O. The third-order valence-electron chi connectivity index (χ3n) is 2.72. The van der Waals surface area contributed by atoms with Crippen LogP contribution in [0.5, 0.6) is 0 Å². The average Bonchev–Trinajstić information content (AvgIpc) is 2.47. The van der Waals surface area contributed by atoms with E-state index in [1.807, 2.05) is 20.8 Å². The van der Waals surface area contributed by atoms with E-state index in [9.17, 15) is 9.90 Å². The fourth-order valence-corrected chi connectivity index (χ4v) is 1.89. The van der Waals surface area contributed by atoms with E-state index in [4.69, 9.17) is 0 Å². The first kappa shape index (κ1) is 13.7. The van der Waals surface area contributed by atoms with Gasteiger partial charge in [-0.15, -0.1) is 0 Å². The Kier molecular flexibility index (Phi) is 4.69. The van der Waals surface area contributed by atoms with Gasteiger partial charge in [-0.1, -0.05) is 0 Å². The third-order valence-corrected chi connectivity index (χ3v) is 2.72. The molecule has 2 unspecified atom stereocenters. The van der Waals surface area contributed by atoms with E-state index in [2.05, 4.69) is 15.5 Å². The Morgan fingerprint density at radius 3 is 2.59 bits per heavy atom. The Balaban J connectivity index is 2.50. The lowest BCUT2D eigenvalue weighted by Gasteiger charge is -2.15. The van der Waals surface area contributed by atoms with Crippen LogP contribution in [0.3, 0.4) is 0 Å². The lowest BCUT2D eigenvalue weighted by molar-refractivity contribution is -0.121. The summed E-state index contributed by atoms with van der Waals surface area (Å²) in [5, 5.41) is 19.0. The summed E-state index contributed by atoms with van der Waals surface area (Å²) in [5.74, 6) is -0.0363. The van der Waals surface area contributed by atoms with Gasteiger partial charge in [0.1, 0.15) is 0 Å². The second-order valence-corrected chi connectivity index (χ2v) is 4.64. The molecule has 0 aliphatic rings. The predicted octanol–water partition coefficient (Wildman–Crippen LogP) is 0.845. The minimum atomic E-state index is -0.400. The highest BCUT2D eigenvalue weighted by Crippen LogP contribution is 2.10. The molecule has 0 saturated heterocycles. The number of aryl methyl sites for hydroxylation is 2. The zero-order valence-corrected chi connectivity index (χ0v) is 10.9. The maximum atomic E-state index is 11.8. The number of hydrogen-bond acceptors (Lipinski definition) is 3. The number of carbonyl (C=O) groups excluding carboxylic acids is 1. The topological polar surface area (TPSA) is 78.0 Å². The predicted molar refractivity (Wildman–Crippen MR) is 65.7 cm³/mol. The molecule has 3 N–H and O–H groups in total.